The van der Waals surface area contributed by atoms with Crippen LogP contribution in [0.3, 0.4) is 0 Å². The Kier molecular flexibility index (Phi) is 7.32. The zero-order valence-corrected chi connectivity index (χ0v) is 13.3. The highest BCUT2D eigenvalue weighted by Gasteiger charge is 2.32. The number of hydrogen-bond donors (Lipinski definition) is 1. The van der Waals surface area contributed by atoms with E-state index in [1.54, 1.807) is 0 Å². The Hall–Kier alpha value is -0.120. The molecule has 1 aliphatic carbocycles. The summed E-state index contributed by atoms with van der Waals surface area (Å²) in [5.41, 5.74) is 0.0759. The first-order chi connectivity index (χ1) is 9.85. The summed E-state index contributed by atoms with van der Waals surface area (Å²) < 4.78 is 12.3. The Balaban J connectivity index is 1.83. The second-order valence-corrected chi connectivity index (χ2v) is 6.57. The van der Waals surface area contributed by atoms with E-state index in [-0.39, 0.29) is 5.60 Å². The van der Waals surface area contributed by atoms with Crippen molar-refractivity contribution < 1.29 is 9.47 Å². The monoisotopic (exact) mass is 283 g/mol. The van der Waals surface area contributed by atoms with E-state index in [2.05, 4.69) is 12.2 Å². The molecular weight excluding hydrogens is 250 g/mol. The molecule has 0 bridgehead atoms. The summed E-state index contributed by atoms with van der Waals surface area (Å²) in [5.74, 6) is 0. The SMILES string of the molecule is CCCNCC1(OCC2CCCCO2)CCCCCC1. The van der Waals surface area contributed by atoms with Gasteiger partial charge in [-0.15, -0.1) is 0 Å². The Morgan fingerprint density at radius 1 is 1.10 bits per heavy atom. The first-order valence-corrected chi connectivity index (χ1v) is 8.81. The molecule has 118 valence electrons. The first-order valence-electron chi connectivity index (χ1n) is 8.81. The highest BCUT2D eigenvalue weighted by atomic mass is 16.5. The fraction of sp³-hybridized carbons (Fsp3) is 1.00. The van der Waals surface area contributed by atoms with E-state index >= 15 is 0 Å². The number of rotatable bonds is 7. The maximum absolute atomic E-state index is 6.45. The van der Waals surface area contributed by atoms with Gasteiger partial charge < -0.3 is 14.8 Å². The van der Waals surface area contributed by atoms with Crippen molar-refractivity contribution >= 4 is 0 Å². The molecule has 2 aliphatic rings. The van der Waals surface area contributed by atoms with Gasteiger partial charge in [-0.05, 0) is 45.1 Å². The smallest absolute Gasteiger partial charge is 0.0808 e. The number of nitrogens with one attached hydrogen (secondary N) is 1. The largest absolute Gasteiger partial charge is 0.376 e. The third kappa shape index (κ3) is 5.34. The summed E-state index contributed by atoms with van der Waals surface area (Å²) in [7, 11) is 0. The Morgan fingerprint density at radius 2 is 1.90 bits per heavy atom. The average Bonchev–Trinajstić information content (AvgIpc) is 2.73. The molecule has 0 aromatic heterocycles. The highest BCUT2D eigenvalue weighted by Crippen LogP contribution is 2.31. The molecule has 0 radical (unpaired) electrons. The van der Waals surface area contributed by atoms with E-state index in [0.29, 0.717) is 6.10 Å². The topological polar surface area (TPSA) is 30.5 Å². The van der Waals surface area contributed by atoms with Gasteiger partial charge in [0.1, 0.15) is 0 Å². The molecule has 0 aromatic rings. The van der Waals surface area contributed by atoms with Gasteiger partial charge in [-0.3, -0.25) is 0 Å². The molecule has 1 N–H and O–H groups in total. The predicted molar refractivity (Wildman–Crippen MR) is 83.1 cm³/mol. The molecule has 1 unspecified atom stereocenters. The minimum absolute atomic E-state index is 0.0759. The van der Waals surface area contributed by atoms with Crippen LogP contribution in [-0.2, 0) is 9.47 Å². The van der Waals surface area contributed by atoms with Gasteiger partial charge in [0.2, 0.25) is 0 Å². The van der Waals surface area contributed by atoms with Crippen molar-refractivity contribution in [2.24, 2.45) is 0 Å². The normalized spacial score (nSPS) is 27.1. The van der Waals surface area contributed by atoms with E-state index in [9.17, 15) is 0 Å². The molecule has 20 heavy (non-hydrogen) atoms. The van der Waals surface area contributed by atoms with Crippen molar-refractivity contribution in [3.63, 3.8) is 0 Å². The molecule has 1 heterocycles. The van der Waals surface area contributed by atoms with Crippen molar-refractivity contribution in [3.8, 4) is 0 Å². The predicted octanol–water partition coefficient (Wildman–Crippen LogP) is 3.66. The van der Waals surface area contributed by atoms with Crippen molar-refractivity contribution in [3.05, 3.63) is 0 Å². The molecule has 0 amide bonds. The summed E-state index contributed by atoms with van der Waals surface area (Å²) >= 11 is 0. The first kappa shape index (κ1) is 16.3. The van der Waals surface area contributed by atoms with Gasteiger partial charge in [-0.1, -0.05) is 32.6 Å². The fourth-order valence-corrected chi connectivity index (χ4v) is 3.45. The van der Waals surface area contributed by atoms with E-state index < -0.39 is 0 Å². The fourth-order valence-electron chi connectivity index (χ4n) is 3.45. The Labute approximate surface area is 124 Å². The minimum atomic E-state index is 0.0759. The molecule has 1 saturated carbocycles. The third-order valence-corrected chi connectivity index (χ3v) is 4.74. The van der Waals surface area contributed by atoms with Crippen LogP contribution >= 0.6 is 0 Å². The number of ether oxygens (including phenoxy) is 2. The van der Waals surface area contributed by atoms with E-state index in [0.717, 1.165) is 26.3 Å². The van der Waals surface area contributed by atoms with Crippen LogP contribution in [0.1, 0.15) is 71.1 Å². The zero-order valence-electron chi connectivity index (χ0n) is 13.3. The van der Waals surface area contributed by atoms with Gasteiger partial charge in [0.25, 0.3) is 0 Å². The second kappa shape index (κ2) is 9.01. The highest BCUT2D eigenvalue weighted by molar-refractivity contribution is 4.86. The van der Waals surface area contributed by atoms with Gasteiger partial charge in [0.05, 0.1) is 18.3 Å². The van der Waals surface area contributed by atoms with Crippen LogP contribution in [-0.4, -0.2) is 38.0 Å². The summed E-state index contributed by atoms with van der Waals surface area (Å²) in [6.45, 7) is 6.07. The van der Waals surface area contributed by atoms with Crippen LogP contribution in [0, 0.1) is 0 Å². The molecule has 3 heteroatoms. The summed E-state index contributed by atoms with van der Waals surface area (Å²) in [4.78, 5) is 0. The van der Waals surface area contributed by atoms with E-state index in [1.807, 2.05) is 0 Å². The molecule has 0 aromatic carbocycles. The molecule has 1 saturated heterocycles. The summed E-state index contributed by atoms with van der Waals surface area (Å²) in [5, 5.41) is 3.60. The lowest BCUT2D eigenvalue weighted by molar-refractivity contribution is -0.112. The van der Waals surface area contributed by atoms with Gasteiger partial charge in [0, 0.05) is 13.2 Å². The lowest BCUT2D eigenvalue weighted by Gasteiger charge is -2.35. The second-order valence-electron chi connectivity index (χ2n) is 6.57. The molecule has 1 aliphatic heterocycles. The minimum Gasteiger partial charge on any atom is -0.376 e. The van der Waals surface area contributed by atoms with E-state index in [4.69, 9.17) is 9.47 Å². The standard InChI is InChI=1S/C17H33NO2/c1-2-12-18-15-17(10-6-3-4-7-11-17)20-14-16-9-5-8-13-19-16/h16,18H,2-15H2,1H3. The quantitative estimate of drug-likeness (QED) is 0.571. The Bertz CT molecular complexity index is 243. The molecule has 0 spiro atoms. The molecule has 2 fully saturated rings. The van der Waals surface area contributed by atoms with Crippen molar-refractivity contribution in [1.29, 1.82) is 0 Å². The van der Waals surface area contributed by atoms with Gasteiger partial charge in [-0.2, -0.15) is 0 Å². The van der Waals surface area contributed by atoms with Crippen LogP contribution in [0.15, 0.2) is 0 Å². The van der Waals surface area contributed by atoms with Crippen molar-refractivity contribution in [1.82, 2.24) is 5.32 Å². The van der Waals surface area contributed by atoms with Crippen LogP contribution in [0.25, 0.3) is 0 Å². The maximum atomic E-state index is 6.45. The molecular formula is C17H33NO2. The molecule has 2 rings (SSSR count). The van der Waals surface area contributed by atoms with Crippen LogP contribution in [0.4, 0.5) is 0 Å². The van der Waals surface area contributed by atoms with Crippen molar-refractivity contribution in [2.75, 3.05) is 26.3 Å². The Morgan fingerprint density at radius 3 is 2.55 bits per heavy atom. The molecule has 1 atom stereocenters. The van der Waals surface area contributed by atoms with E-state index in [1.165, 1.54) is 64.2 Å². The van der Waals surface area contributed by atoms with Gasteiger partial charge in [0.15, 0.2) is 0 Å². The number of hydrogen-bond acceptors (Lipinski definition) is 3. The van der Waals surface area contributed by atoms with Gasteiger partial charge in [-0.25, -0.2) is 0 Å². The summed E-state index contributed by atoms with van der Waals surface area (Å²) in [6, 6.07) is 0. The van der Waals surface area contributed by atoms with Crippen LogP contribution in [0.2, 0.25) is 0 Å². The van der Waals surface area contributed by atoms with Crippen LogP contribution < -0.4 is 5.32 Å². The van der Waals surface area contributed by atoms with Crippen LogP contribution in [0.5, 0.6) is 0 Å². The van der Waals surface area contributed by atoms with Crippen molar-refractivity contribution in [2.45, 2.75) is 82.8 Å². The molecule has 3 nitrogen and oxygen atoms in total. The average molecular weight is 283 g/mol. The maximum Gasteiger partial charge on any atom is 0.0808 e. The third-order valence-electron chi connectivity index (χ3n) is 4.74. The summed E-state index contributed by atoms with van der Waals surface area (Å²) in [6.07, 6.45) is 13.1. The lowest BCUT2D eigenvalue weighted by atomic mass is 9.93. The lowest BCUT2D eigenvalue weighted by Crippen LogP contribution is -2.45. The van der Waals surface area contributed by atoms with Gasteiger partial charge >= 0.3 is 0 Å². The zero-order chi connectivity index (χ0) is 14.1.